The molecule has 18 aromatic carbocycles. The first-order chi connectivity index (χ1) is 55.5. The van der Waals surface area contributed by atoms with Crippen molar-refractivity contribution in [1.82, 2.24) is 18.3 Å². The fraction of sp³-hybridized carbons (Fsp3) is 0. The predicted octanol–water partition coefficient (Wildman–Crippen LogP) is 29.1. The van der Waals surface area contributed by atoms with E-state index in [1.807, 2.05) is 0 Å². The summed E-state index contributed by atoms with van der Waals surface area (Å²) in [5.74, 6) is 0. The summed E-state index contributed by atoms with van der Waals surface area (Å²) in [5.41, 5.74) is 33.4. The third-order valence-corrected chi connectivity index (χ3v) is 22.6. The van der Waals surface area contributed by atoms with Crippen LogP contribution in [0.2, 0.25) is 0 Å². The number of hydrogen-bond donors (Lipinski definition) is 0. The first-order valence-electron chi connectivity index (χ1n) is 38.5. The van der Waals surface area contributed by atoms with E-state index in [1.54, 1.807) is 0 Å². The van der Waals surface area contributed by atoms with Crippen molar-refractivity contribution >= 4 is 87.2 Å². The van der Waals surface area contributed by atoms with Crippen LogP contribution in [0.5, 0.6) is 0 Å². The highest BCUT2D eigenvalue weighted by Gasteiger charge is 2.23. The van der Waals surface area contributed by atoms with Gasteiger partial charge in [-0.25, -0.2) is 0 Å². The molecule has 22 aromatic rings. The number of hydrogen-bond acceptors (Lipinski definition) is 0. The van der Waals surface area contributed by atoms with Crippen LogP contribution in [-0.4, -0.2) is 18.3 Å². The van der Waals surface area contributed by atoms with Crippen molar-refractivity contribution in [2.24, 2.45) is 0 Å². The lowest BCUT2D eigenvalue weighted by atomic mass is 9.93. The summed E-state index contributed by atoms with van der Waals surface area (Å²) in [6.45, 7) is 0. The Labute approximate surface area is 649 Å². The minimum Gasteiger partial charge on any atom is -0.309 e. The monoisotopic (exact) mass is 1420 g/mol. The first-order valence-corrected chi connectivity index (χ1v) is 38.5. The van der Waals surface area contributed by atoms with Gasteiger partial charge in [0.2, 0.25) is 0 Å². The van der Waals surface area contributed by atoms with Crippen molar-refractivity contribution in [3.05, 3.63) is 437 Å². The molecular weight excluding hydrogens is 1350 g/mol. The van der Waals surface area contributed by atoms with E-state index < -0.39 is 0 Å². The fourth-order valence-corrected chi connectivity index (χ4v) is 17.3. The van der Waals surface area contributed by atoms with Crippen molar-refractivity contribution in [3.8, 4) is 112 Å². The quantitative estimate of drug-likeness (QED) is 0.116. The van der Waals surface area contributed by atoms with Crippen molar-refractivity contribution in [1.29, 1.82) is 0 Å². The summed E-state index contributed by atoms with van der Waals surface area (Å²) in [6, 6.07) is 159. The Hall–Kier alpha value is -14.8. The van der Waals surface area contributed by atoms with E-state index in [0.29, 0.717) is 0 Å². The molecule has 0 bridgehead atoms. The number of fused-ring (bicyclic) bond motifs is 12. The molecule has 0 N–H and O–H groups in total. The van der Waals surface area contributed by atoms with Gasteiger partial charge in [0.15, 0.2) is 0 Å². The summed E-state index contributed by atoms with van der Waals surface area (Å²) < 4.78 is 9.80. The average molecular weight is 1430 g/mol. The second kappa shape index (κ2) is 27.7. The van der Waals surface area contributed by atoms with Gasteiger partial charge in [0.05, 0.1) is 44.1 Å². The van der Waals surface area contributed by atoms with Crippen molar-refractivity contribution in [3.63, 3.8) is 0 Å². The Morgan fingerprint density at radius 3 is 0.500 bits per heavy atom. The maximum Gasteiger partial charge on any atom is 0.0548 e. The Morgan fingerprint density at radius 2 is 0.268 bits per heavy atom. The van der Waals surface area contributed by atoms with E-state index in [-0.39, 0.29) is 0 Å². The highest BCUT2D eigenvalue weighted by molar-refractivity contribution is 6.21. The van der Waals surface area contributed by atoms with E-state index >= 15 is 0 Å². The zero-order valence-corrected chi connectivity index (χ0v) is 61.4. The molecule has 4 aromatic heterocycles. The van der Waals surface area contributed by atoms with Gasteiger partial charge in [-0.1, -0.05) is 309 Å². The maximum absolute atomic E-state index is 2.47. The molecular formula is C108H72N4. The van der Waals surface area contributed by atoms with Crippen LogP contribution < -0.4 is 0 Å². The van der Waals surface area contributed by atoms with Gasteiger partial charge in [0, 0.05) is 65.8 Å². The van der Waals surface area contributed by atoms with Gasteiger partial charge < -0.3 is 18.3 Å². The largest absolute Gasteiger partial charge is 0.309 e. The SMILES string of the molecule is c1ccc(-c2cc(-c3ccccc3)cc(-c3ccc(-n4c5ccccc5c5cc6c(cc54)c4ccccc4n6-c4cc(-c5ccccc5)cc(-c5ccccc5)c4)cc3)c2)cc1.c1ccc(-c2ccc(-n3c4ccccc4c4cc5c(cc43)c3ccccc3n5-c3cc(-c4ccccc4)cc(-c4ccccc4)c3)cc2)cc1. The van der Waals surface area contributed by atoms with Gasteiger partial charge in [-0.3, -0.25) is 0 Å². The Balaban J connectivity index is 0.000000145. The molecule has 0 aliphatic carbocycles. The molecule has 0 amide bonds. The molecule has 0 radical (unpaired) electrons. The number of aromatic nitrogens is 4. The van der Waals surface area contributed by atoms with Crippen LogP contribution in [0.15, 0.2) is 437 Å². The zero-order valence-electron chi connectivity index (χ0n) is 61.4. The molecule has 0 saturated carbocycles. The highest BCUT2D eigenvalue weighted by atomic mass is 15.0. The molecule has 4 heteroatoms. The molecule has 4 heterocycles. The Morgan fingerprint density at radius 1 is 0.0982 bits per heavy atom. The lowest BCUT2D eigenvalue weighted by Crippen LogP contribution is -1.96. The lowest BCUT2D eigenvalue weighted by Gasteiger charge is -2.14. The third kappa shape index (κ3) is 11.6. The third-order valence-electron chi connectivity index (χ3n) is 22.6. The van der Waals surface area contributed by atoms with E-state index in [9.17, 15) is 0 Å². The van der Waals surface area contributed by atoms with Crippen LogP contribution in [0.3, 0.4) is 0 Å². The number of rotatable bonds is 12. The molecule has 0 spiro atoms. The molecule has 0 unspecified atom stereocenters. The van der Waals surface area contributed by atoms with Crippen LogP contribution in [0, 0.1) is 0 Å². The molecule has 4 nitrogen and oxygen atoms in total. The summed E-state index contributed by atoms with van der Waals surface area (Å²) in [7, 11) is 0. The van der Waals surface area contributed by atoms with Gasteiger partial charge >= 0.3 is 0 Å². The van der Waals surface area contributed by atoms with Crippen LogP contribution in [0.1, 0.15) is 0 Å². The van der Waals surface area contributed by atoms with E-state index in [1.165, 1.54) is 176 Å². The topological polar surface area (TPSA) is 19.7 Å². The molecule has 0 aliphatic heterocycles. The number of benzene rings is 18. The van der Waals surface area contributed by atoms with E-state index in [0.717, 1.165) is 22.7 Å². The zero-order chi connectivity index (χ0) is 74.0. The summed E-state index contributed by atoms with van der Waals surface area (Å²) >= 11 is 0. The second-order valence-electron chi connectivity index (χ2n) is 29.2. The van der Waals surface area contributed by atoms with Crippen molar-refractivity contribution < 1.29 is 0 Å². The normalized spacial score (nSPS) is 11.6. The predicted molar refractivity (Wildman–Crippen MR) is 474 cm³/mol. The standard InChI is InChI=1S/C60H40N2.C48H32N2/c1-5-17-41(18-6-1)46-33-47(42-19-7-2-8-20-42)35-48(34-46)45-29-31-51(32-30-45)61-57-27-15-13-25-53(57)55-40-60-56(39-59(55)61)54-26-14-16-28-58(54)62(60)52-37-49(43-21-9-3-10-22-43)36-50(38-52)44-23-11-4-12-24-44;1-4-14-33(15-5-1)36-24-26-39(27-25-36)49-45-22-12-10-20-41(45)43-32-48-44(31-47(43)49)42-21-11-13-23-46(42)50(48)40-29-37(34-16-6-2-7-17-34)28-38(30-40)35-18-8-3-9-19-35/h1-40H;1-32H. The Bertz CT molecular complexity index is 7110. The fourth-order valence-electron chi connectivity index (χ4n) is 17.3. The smallest absolute Gasteiger partial charge is 0.0548 e. The van der Waals surface area contributed by atoms with Crippen LogP contribution >= 0.6 is 0 Å². The maximum atomic E-state index is 2.47. The van der Waals surface area contributed by atoms with Gasteiger partial charge in [-0.05, 0) is 216 Å². The summed E-state index contributed by atoms with van der Waals surface area (Å²) in [4.78, 5) is 0. The lowest BCUT2D eigenvalue weighted by molar-refractivity contribution is 1.17. The minimum atomic E-state index is 1.13. The van der Waals surface area contributed by atoms with Crippen LogP contribution in [-0.2, 0) is 0 Å². The molecule has 524 valence electrons. The molecule has 0 atom stereocenters. The molecule has 112 heavy (non-hydrogen) atoms. The molecule has 0 aliphatic rings. The Kier molecular flexibility index (Phi) is 16.2. The minimum absolute atomic E-state index is 1.13. The average Bonchev–Trinajstić information content (AvgIpc) is 1.56. The number of para-hydroxylation sites is 4. The molecule has 0 fully saturated rings. The van der Waals surface area contributed by atoms with Crippen LogP contribution in [0.4, 0.5) is 0 Å². The van der Waals surface area contributed by atoms with E-state index in [2.05, 4.69) is 455 Å². The summed E-state index contributed by atoms with van der Waals surface area (Å²) in [6.07, 6.45) is 0. The van der Waals surface area contributed by atoms with Crippen molar-refractivity contribution in [2.45, 2.75) is 0 Å². The van der Waals surface area contributed by atoms with Gasteiger partial charge in [-0.15, -0.1) is 0 Å². The second-order valence-corrected chi connectivity index (χ2v) is 29.2. The summed E-state index contributed by atoms with van der Waals surface area (Å²) in [5, 5.41) is 9.89. The molecule has 22 rings (SSSR count). The van der Waals surface area contributed by atoms with E-state index in [4.69, 9.17) is 0 Å². The first kappa shape index (κ1) is 65.5. The van der Waals surface area contributed by atoms with Crippen molar-refractivity contribution in [2.75, 3.05) is 0 Å². The van der Waals surface area contributed by atoms with Gasteiger partial charge in [0.25, 0.3) is 0 Å². The number of nitrogens with zero attached hydrogens (tertiary/aromatic N) is 4. The highest BCUT2D eigenvalue weighted by Crippen LogP contribution is 2.45. The van der Waals surface area contributed by atoms with Crippen LogP contribution in [0.25, 0.3) is 199 Å². The molecule has 0 saturated heterocycles. The van der Waals surface area contributed by atoms with Gasteiger partial charge in [0.1, 0.15) is 0 Å². The van der Waals surface area contributed by atoms with Gasteiger partial charge in [-0.2, -0.15) is 0 Å².